The molecule has 2 aromatic rings. The zero-order valence-electron chi connectivity index (χ0n) is 12.9. The Morgan fingerprint density at radius 1 is 1.28 bits per heavy atom. The van der Waals surface area contributed by atoms with Crippen LogP contribution in [0.1, 0.15) is 5.56 Å². The van der Waals surface area contributed by atoms with Crippen LogP contribution in [0.5, 0.6) is 5.75 Å². The average molecular weight is 569 g/mol. The first-order chi connectivity index (χ1) is 12.0. The van der Waals surface area contributed by atoms with E-state index >= 15 is 0 Å². The van der Waals surface area contributed by atoms with Gasteiger partial charge in [0.05, 0.1) is 32.8 Å². The van der Waals surface area contributed by atoms with Crippen molar-refractivity contribution in [3.63, 3.8) is 0 Å². The number of nitrogens with zero attached hydrogens (tertiary/aromatic N) is 4. The maximum atomic E-state index is 14.0. The number of phenols is 1. The number of aromatic hydroxyl groups is 1. The number of aromatic nitrogens is 2. The molecule has 0 bridgehead atoms. The number of benzene rings is 1. The van der Waals surface area contributed by atoms with Crippen LogP contribution in [0.2, 0.25) is 0 Å². The van der Waals surface area contributed by atoms with Crippen LogP contribution in [-0.2, 0) is 4.74 Å². The maximum absolute atomic E-state index is 14.0. The normalized spacial score (nSPS) is 14.9. The van der Waals surface area contributed by atoms with E-state index in [4.69, 9.17) is 4.74 Å². The van der Waals surface area contributed by atoms with Crippen LogP contribution in [0.25, 0.3) is 0 Å². The Labute approximate surface area is 171 Å². The van der Waals surface area contributed by atoms with Gasteiger partial charge in [0.15, 0.2) is 11.6 Å². The molecule has 10 heteroatoms. The highest BCUT2D eigenvalue weighted by Gasteiger charge is 2.17. The summed E-state index contributed by atoms with van der Waals surface area (Å²) in [4.78, 5) is 9.91. The number of phenolic OH excluding ortho intramolecular Hbond substituents is 1. The fourth-order valence-electron chi connectivity index (χ4n) is 2.23. The molecule has 1 saturated heterocycles. The molecule has 1 aliphatic rings. The van der Waals surface area contributed by atoms with E-state index in [9.17, 15) is 9.50 Å². The number of nitrogens with one attached hydrogen (secondary N) is 1. The van der Waals surface area contributed by atoms with Gasteiger partial charge in [-0.3, -0.25) is 0 Å². The fraction of sp³-hybridized carbons (Fsp3) is 0.267. The number of hydrogen-bond donors (Lipinski definition) is 2. The van der Waals surface area contributed by atoms with E-state index in [1.165, 1.54) is 0 Å². The van der Waals surface area contributed by atoms with Crippen LogP contribution in [-0.4, -0.2) is 47.6 Å². The molecule has 3 rings (SSSR count). The predicted molar refractivity (Wildman–Crippen MR) is 110 cm³/mol. The van der Waals surface area contributed by atoms with Gasteiger partial charge in [0, 0.05) is 13.1 Å². The number of halogens is 3. The molecular weight excluding hydrogens is 555 g/mol. The number of hydrazone groups is 1. The van der Waals surface area contributed by atoms with Gasteiger partial charge in [-0.1, -0.05) is 0 Å². The average Bonchev–Trinajstić information content (AvgIpc) is 2.62. The molecular formula is C15H14FI2N5O2. The second-order valence-corrected chi connectivity index (χ2v) is 7.49. The van der Waals surface area contributed by atoms with Gasteiger partial charge in [-0.25, -0.2) is 14.8 Å². The van der Waals surface area contributed by atoms with Crippen molar-refractivity contribution < 1.29 is 14.2 Å². The third kappa shape index (κ3) is 4.67. The maximum Gasteiger partial charge on any atom is 0.245 e. The fourth-order valence-corrected chi connectivity index (χ4v) is 4.05. The third-order valence-electron chi connectivity index (χ3n) is 3.45. The van der Waals surface area contributed by atoms with Crippen molar-refractivity contribution >= 4 is 63.2 Å². The van der Waals surface area contributed by atoms with Crippen LogP contribution in [0.3, 0.4) is 0 Å². The zero-order valence-corrected chi connectivity index (χ0v) is 17.2. The lowest BCUT2D eigenvalue weighted by molar-refractivity contribution is 0.122. The highest BCUT2D eigenvalue weighted by atomic mass is 127. The van der Waals surface area contributed by atoms with Gasteiger partial charge in [0.2, 0.25) is 5.95 Å². The van der Waals surface area contributed by atoms with Crippen LogP contribution < -0.4 is 10.3 Å². The van der Waals surface area contributed by atoms with Gasteiger partial charge in [-0.05, 0) is 62.9 Å². The standard InChI is InChI=1S/C15H14FI2N5O2/c16-10-8-19-15(21-14(10)23-1-3-25-4-2-23)22-20-7-9-5-11(17)13(24)12(18)6-9/h5-8,24H,1-4H2,(H,19,21,22)/b20-7-. The van der Waals surface area contributed by atoms with Crippen molar-refractivity contribution in [3.05, 3.63) is 36.9 Å². The first kappa shape index (κ1) is 18.5. The van der Waals surface area contributed by atoms with Crippen LogP contribution in [0, 0.1) is 13.0 Å². The summed E-state index contributed by atoms with van der Waals surface area (Å²) in [5.74, 6) is 0.231. The highest BCUT2D eigenvalue weighted by Crippen LogP contribution is 2.26. The molecule has 25 heavy (non-hydrogen) atoms. The van der Waals surface area contributed by atoms with E-state index < -0.39 is 5.82 Å². The molecule has 0 unspecified atom stereocenters. The molecule has 1 aromatic carbocycles. The van der Waals surface area contributed by atoms with Crippen molar-refractivity contribution in [2.24, 2.45) is 5.10 Å². The molecule has 7 nitrogen and oxygen atoms in total. The largest absolute Gasteiger partial charge is 0.506 e. The van der Waals surface area contributed by atoms with Crippen LogP contribution >= 0.6 is 45.2 Å². The summed E-state index contributed by atoms with van der Waals surface area (Å²) in [7, 11) is 0. The Kier molecular flexibility index (Phi) is 6.22. The molecule has 132 valence electrons. The summed E-state index contributed by atoms with van der Waals surface area (Å²) in [5.41, 5.74) is 3.52. The molecule has 1 fully saturated rings. The molecule has 0 saturated carbocycles. The van der Waals surface area contributed by atoms with Gasteiger partial charge in [0.25, 0.3) is 0 Å². The topological polar surface area (TPSA) is 82.9 Å². The molecule has 0 aliphatic carbocycles. The highest BCUT2D eigenvalue weighted by molar-refractivity contribution is 14.1. The third-order valence-corrected chi connectivity index (χ3v) is 5.10. The molecule has 2 N–H and O–H groups in total. The summed E-state index contributed by atoms with van der Waals surface area (Å²) in [6.45, 7) is 2.26. The Balaban J connectivity index is 1.73. The first-order valence-corrected chi connectivity index (χ1v) is 9.52. The van der Waals surface area contributed by atoms with Gasteiger partial charge < -0.3 is 14.7 Å². The first-order valence-electron chi connectivity index (χ1n) is 7.37. The van der Waals surface area contributed by atoms with E-state index in [0.717, 1.165) is 18.9 Å². The quantitative estimate of drug-likeness (QED) is 0.335. The van der Waals surface area contributed by atoms with E-state index in [-0.39, 0.29) is 17.5 Å². The molecule has 2 heterocycles. The summed E-state index contributed by atoms with van der Waals surface area (Å²) >= 11 is 4.11. The lowest BCUT2D eigenvalue weighted by atomic mass is 10.2. The molecule has 1 aliphatic heterocycles. The Morgan fingerprint density at radius 2 is 1.96 bits per heavy atom. The van der Waals surface area contributed by atoms with E-state index in [1.54, 1.807) is 18.3 Å². The second kappa shape index (κ2) is 8.40. The van der Waals surface area contributed by atoms with Gasteiger partial charge in [-0.15, -0.1) is 0 Å². The number of ether oxygens (including phenoxy) is 1. The summed E-state index contributed by atoms with van der Waals surface area (Å²) in [6, 6.07) is 3.60. The summed E-state index contributed by atoms with van der Waals surface area (Å²) in [5, 5.41) is 13.9. The number of hydrogen-bond acceptors (Lipinski definition) is 7. The number of morpholine rings is 1. The van der Waals surface area contributed by atoms with Crippen molar-refractivity contribution in [3.8, 4) is 5.75 Å². The Hall–Kier alpha value is -1.28. The predicted octanol–water partition coefficient (Wildman–Crippen LogP) is 2.81. The van der Waals surface area contributed by atoms with Crippen LogP contribution in [0.4, 0.5) is 16.2 Å². The molecule has 0 atom stereocenters. The lowest BCUT2D eigenvalue weighted by Gasteiger charge is -2.27. The molecule has 0 amide bonds. The molecule has 0 radical (unpaired) electrons. The molecule has 0 spiro atoms. The van der Waals surface area contributed by atoms with Gasteiger partial charge in [-0.2, -0.15) is 10.1 Å². The van der Waals surface area contributed by atoms with Gasteiger partial charge >= 0.3 is 0 Å². The summed E-state index contributed by atoms with van der Waals surface area (Å²) < 4.78 is 20.7. The van der Waals surface area contributed by atoms with Crippen LogP contribution in [0.15, 0.2) is 23.4 Å². The smallest absolute Gasteiger partial charge is 0.245 e. The monoisotopic (exact) mass is 569 g/mol. The Morgan fingerprint density at radius 3 is 2.64 bits per heavy atom. The number of anilines is 2. The van der Waals surface area contributed by atoms with E-state index in [0.29, 0.717) is 26.3 Å². The minimum absolute atomic E-state index is 0.210. The second-order valence-electron chi connectivity index (χ2n) is 5.17. The van der Waals surface area contributed by atoms with Crippen molar-refractivity contribution in [1.29, 1.82) is 0 Å². The Bertz CT molecular complexity index is 776. The van der Waals surface area contributed by atoms with E-state index in [2.05, 4.69) is 65.7 Å². The molecule has 1 aromatic heterocycles. The minimum Gasteiger partial charge on any atom is -0.506 e. The van der Waals surface area contributed by atoms with Gasteiger partial charge in [0.1, 0.15) is 5.75 Å². The summed E-state index contributed by atoms with van der Waals surface area (Å²) in [6.07, 6.45) is 2.72. The van der Waals surface area contributed by atoms with E-state index in [1.807, 2.05) is 4.90 Å². The van der Waals surface area contributed by atoms with Crippen molar-refractivity contribution in [1.82, 2.24) is 9.97 Å². The van der Waals surface area contributed by atoms with Crippen molar-refractivity contribution in [2.45, 2.75) is 0 Å². The minimum atomic E-state index is -0.473. The van der Waals surface area contributed by atoms with Crippen molar-refractivity contribution in [2.75, 3.05) is 36.6 Å². The zero-order chi connectivity index (χ0) is 17.8. The lowest BCUT2D eigenvalue weighted by Crippen LogP contribution is -2.37. The SMILES string of the molecule is Oc1c(I)cc(/C=N\Nc2ncc(F)c(N3CCOCC3)n2)cc1I. The number of rotatable bonds is 4.